The van der Waals surface area contributed by atoms with Gasteiger partial charge in [0.25, 0.3) is 0 Å². The van der Waals surface area contributed by atoms with Gasteiger partial charge in [0.2, 0.25) is 0 Å². The molecule has 0 radical (unpaired) electrons. The van der Waals surface area contributed by atoms with Crippen molar-refractivity contribution in [3.63, 3.8) is 0 Å². The van der Waals surface area contributed by atoms with Crippen LogP contribution in [0.5, 0.6) is 0 Å². The van der Waals surface area contributed by atoms with Gasteiger partial charge in [-0.3, -0.25) is 4.90 Å². The highest BCUT2D eigenvalue weighted by Crippen LogP contribution is 2.42. The lowest BCUT2D eigenvalue weighted by Crippen LogP contribution is -2.67. The van der Waals surface area contributed by atoms with E-state index >= 15 is 0 Å². The Labute approximate surface area is 159 Å². The van der Waals surface area contributed by atoms with E-state index in [0.29, 0.717) is 6.54 Å². The van der Waals surface area contributed by atoms with Gasteiger partial charge >= 0.3 is 6.18 Å². The maximum atomic E-state index is 12.7. The molecule has 2 saturated heterocycles. The number of allylic oxidation sites excluding steroid dienone is 1. The van der Waals surface area contributed by atoms with Gasteiger partial charge < -0.3 is 10.0 Å². The van der Waals surface area contributed by atoms with Crippen LogP contribution in [-0.2, 0) is 0 Å². The van der Waals surface area contributed by atoms with E-state index in [9.17, 15) is 18.3 Å². The molecule has 3 nitrogen and oxygen atoms in total. The first-order valence-corrected chi connectivity index (χ1v) is 9.81. The minimum Gasteiger partial charge on any atom is -0.395 e. The molecule has 0 unspecified atom stereocenters. The quantitative estimate of drug-likeness (QED) is 0.837. The molecule has 1 aromatic rings. The molecule has 2 fully saturated rings. The standard InChI is InChI=1S/C21H29F3N2O/c1-2-5-16-6-8-17(9-7-16)20-18-14-25(13-10-21(22,23)24)11-3-4-12-26(18)19(20)15-27/h2,5-9,18-20,27H,3-4,10-15H2,1H3/b5-2+/t18-,19+,20-/m1/s1. The van der Waals surface area contributed by atoms with Gasteiger partial charge in [-0.2, -0.15) is 13.2 Å². The molecule has 27 heavy (non-hydrogen) atoms. The number of rotatable bonds is 5. The average Bonchev–Trinajstić information content (AvgIpc) is 2.60. The summed E-state index contributed by atoms with van der Waals surface area (Å²) in [6.45, 7) is 4.38. The summed E-state index contributed by atoms with van der Waals surface area (Å²) >= 11 is 0. The summed E-state index contributed by atoms with van der Waals surface area (Å²) < 4.78 is 38.0. The van der Waals surface area contributed by atoms with Gasteiger partial charge in [0.15, 0.2) is 0 Å². The van der Waals surface area contributed by atoms with Crippen molar-refractivity contribution < 1.29 is 18.3 Å². The Hall–Kier alpha value is -1.37. The fourth-order valence-corrected chi connectivity index (χ4v) is 4.52. The van der Waals surface area contributed by atoms with Crippen LogP contribution in [0.1, 0.15) is 43.2 Å². The number of hydrogen-bond acceptors (Lipinski definition) is 3. The van der Waals surface area contributed by atoms with Crippen LogP contribution < -0.4 is 0 Å². The molecule has 3 atom stereocenters. The first-order valence-electron chi connectivity index (χ1n) is 9.81. The van der Waals surface area contributed by atoms with Gasteiger partial charge in [-0.25, -0.2) is 0 Å². The fourth-order valence-electron chi connectivity index (χ4n) is 4.52. The summed E-state index contributed by atoms with van der Waals surface area (Å²) in [6, 6.07) is 8.55. The second kappa shape index (κ2) is 8.76. The second-order valence-corrected chi connectivity index (χ2v) is 7.62. The van der Waals surface area contributed by atoms with Crippen molar-refractivity contribution in [1.82, 2.24) is 9.80 Å². The lowest BCUT2D eigenvalue weighted by molar-refractivity contribution is -0.140. The second-order valence-electron chi connectivity index (χ2n) is 7.62. The van der Waals surface area contributed by atoms with Crippen molar-refractivity contribution in [2.45, 2.75) is 50.4 Å². The first kappa shape index (κ1) is 20.4. The number of hydrogen-bond donors (Lipinski definition) is 1. The molecule has 0 amide bonds. The van der Waals surface area contributed by atoms with E-state index in [0.717, 1.165) is 31.5 Å². The average molecular weight is 382 g/mol. The number of aliphatic hydroxyl groups excluding tert-OH is 1. The molecule has 150 valence electrons. The highest BCUT2D eigenvalue weighted by Gasteiger charge is 2.49. The van der Waals surface area contributed by atoms with E-state index in [4.69, 9.17) is 0 Å². The smallest absolute Gasteiger partial charge is 0.390 e. The van der Waals surface area contributed by atoms with Crippen LogP contribution in [0.15, 0.2) is 30.3 Å². The Morgan fingerprint density at radius 1 is 1.15 bits per heavy atom. The largest absolute Gasteiger partial charge is 0.395 e. The molecule has 6 heteroatoms. The Kier molecular flexibility index (Phi) is 6.61. The highest BCUT2D eigenvalue weighted by molar-refractivity contribution is 5.50. The van der Waals surface area contributed by atoms with Gasteiger partial charge in [-0.05, 0) is 44.0 Å². The molecule has 3 rings (SSSR count). The van der Waals surface area contributed by atoms with Crippen LogP contribution in [-0.4, -0.2) is 66.0 Å². The molecular weight excluding hydrogens is 353 g/mol. The maximum Gasteiger partial charge on any atom is 0.390 e. The molecule has 0 aliphatic carbocycles. The zero-order valence-corrected chi connectivity index (χ0v) is 15.8. The SMILES string of the molecule is C/C=C/c1ccc([C@@H]2[C@H]3CN(CCC(F)(F)F)CCCCN3[C@H]2CO)cc1. The molecule has 0 spiro atoms. The molecule has 2 aliphatic heterocycles. The van der Waals surface area contributed by atoms with Gasteiger partial charge in [0, 0.05) is 31.1 Å². The van der Waals surface area contributed by atoms with E-state index in [-0.39, 0.29) is 31.2 Å². The van der Waals surface area contributed by atoms with Crippen LogP contribution in [0, 0.1) is 0 Å². The van der Waals surface area contributed by atoms with Crippen molar-refractivity contribution in [3.05, 3.63) is 41.5 Å². The lowest BCUT2D eigenvalue weighted by Gasteiger charge is -2.57. The molecule has 0 bridgehead atoms. The van der Waals surface area contributed by atoms with Gasteiger partial charge in [0.1, 0.15) is 0 Å². The van der Waals surface area contributed by atoms with Gasteiger partial charge in [-0.15, -0.1) is 0 Å². The monoisotopic (exact) mass is 382 g/mol. The van der Waals surface area contributed by atoms with E-state index in [1.165, 1.54) is 5.56 Å². The summed E-state index contributed by atoms with van der Waals surface area (Å²) in [5, 5.41) is 9.92. The van der Waals surface area contributed by atoms with Crippen molar-refractivity contribution >= 4 is 6.08 Å². The van der Waals surface area contributed by atoms with Gasteiger partial charge in [-0.1, -0.05) is 36.4 Å². The molecular formula is C21H29F3N2O. The molecule has 0 saturated carbocycles. The number of nitrogens with zero attached hydrogens (tertiary/aromatic N) is 2. The first-order chi connectivity index (χ1) is 12.9. The third-order valence-corrected chi connectivity index (χ3v) is 5.85. The third-order valence-electron chi connectivity index (χ3n) is 5.85. The topological polar surface area (TPSA) is 26.7 Å². The lowest BCUT2D eigenvalue weighted by atomic mass is 9.74. The minimum absolute atomic E-state index is 0.0601. The Morgan fingerprint density at radius 3 is 2.48 bits per heavy atom. The van der Waals surface area contributed by atoms with Crippen molar-refractivity contribution in [2.75, 3.05) is 32.8 Å². The van der Waals surface area contributed by atoms with E-state index in [2.05, 4.69) is 29.2 Å². The van der Waals surface area contributed by atoms with E-state index < -0.39 is 12.6 Å². The summed E-state index contributed by atoms with van der Waals surface area (Å²) in [5.74, 6) is 0.168. The maximum absolute atomic E-state index is 12.7. The fraction of sp³-hybridized carbons (Fsp3) is 0.619. The zero-order valence-electron chi connectivity index (χ0n) is 15.8. The third kappa shape index (κ3) is 4.92. The number of halogens is 3. The predicted octanol–water partition coefficient (Wildman–Crippen LogP) is 3.90. The van der Waals surface area contributed by atoms with Crippen LogP contribution in [0.3, 0.4) is 0 Å². The Bertz CT molecular complexity index is 629. The van der Waals surface area contributed by atoms with E-state index in [1.807, 2.05) is 24.0 Å². The summed E-state index contributed by atoms with van der Waals surface area (Å²) in [6.07, 6.45) is 1.02. The zero-order chi connectivity index (χ0) is 19.4. The normalized spacial score (nSPS) is 27.8. The van der Waals surface area contributed by atoms with Crippen molar-refractivity contribution in [1.29, 1.82) is 0 Å². The molecule has 2 heterocycles. The number of aliphatic hydroxyl groups is 1. The van der Waals surface area contributed by atoms with Crippen molar-refractivity contribution in [3.8, 4) is 0 Å². The Balaban J connectivity index is 1.75. The number of benzene rings is 1. The minimum atomic E-state index is -4.11. The molecule has 2 aliphatic rings. The highest BCUT2D eigenvalue weighted by atomic mass is 19.4. The summed E-state index contributed by atoms with van der Waals surface area (Å²) in [5.41, 5.74) is 2.29. The van der Waals surface area contributed by atoms with Crippen molar-refractivity contribution in [2.24, 2.45) is 0 Å². The predicted molar refractivity (Wildman–Crippen MR) is 102 cm³/mol. The summed E-state index contributed by atoms with van der Waals surface area (Å²) in [4.78, 5) is 4.25. The molecule has 1 aromatic carbocycles. The van der Waals surface area contributed by atoms with Crippen LogP contribution in [0.2, 0.25) is 0 Å². The molecule has 0 aromatic heterocycles. The number of alkyl halides is 3. The van der Waals surface area contributed by atoms with Crippen LogP contribution in [0.4, 0.5) is 13.2 Å². The van der Waals surface area contributed by atoms with Gasteiger partial charge in [0.05, 0.1) is 13.0 Å². The molecule has 1 N–H and O–H groups in total. The van der Waals surface area contributed by atoms with E-state index in [1.54, 1.807) is 0 Å². The Morgan fingerprint density at radius 2 is 1.85 bits per heavy atom. The van der Waals surface area contributed by atoms with Crippen LogP contribution in [0.25, 0.3) is 6.08 Å². The number of fused-ring (bicyclic) bond motifs is 1. The van der Waals surface area contributed by atoms with Crippen LogP contribution >= 0.6 is 0 Å². The summed E-state index contributed by atoms with van der Waals surface area (Å²) in [7, 11) is 0.